The minimum atomic E-state index is 0.228. The van der Waals surface area contributed by atoms with Gasteiger partial charge in [0.1, 0.15) is 16.5 Å². The van der Waals surface area contributed by atoms with E-state index in [0.717, 1.165) is 49.1 Å². The second-order valence-corrected chi connectivity index (χ2v) is 8.19. The lowest BCUT2D eigenvalue weighted by atomic mass is 10.0. The summed E-state index contributed by atoms with van der Waals surface area (Å²) < 4.78 is 5.93. The lowest BCUT2D eigenvalue weighted by Crippen LogP contribution is -2.47. The number of thiophene rings is 1. The highest BCUT2D eigenvalue weighted by Crippen LogP contribution is 2.34. The molecule has 132 valence electrons. The average Bonchev–Trinajstić information content (AvgIpc) is 2.88. The van der Waals surface area contributed by atoms with E-state index in [4.69, 9.17) is 9.72 Å². The molecule has 1 atom stereocenters. The molecule has 0 saturated carbocycles. The quantitative estimate of drug-likeness (QED) is 0.831. The molecular weight excluding hydrogens is 320 g/mol. The van der Waals surface area contributed by atoms with Crippen molar-refractivity contribution in [3.63, 3.8) is 0 Å². The highest BCUT2D eigenvalue weighted by atomic mass is 32.1. The van der Waals surface area contributed by atoms with Crippen molar-refractivity contribution in [3.8, 4) is 0 Å². The van der Waals surface area contributed by atoms with Crippen molar-refractivity contribution >= 4 is 27.4 Å². The molecule has 0 radical (unpaired) electrons. The first-order valence-corrected chi connectivity index (χ1v) is 9.58. The van der Waals surface area contributed by atoms with Crippen molar-refractivity contribution in [1.29, 1.82) is 0 Å². The number of ether oxygens (including phenoxy) is 1. The molecule has 3 heterocycles. The van der Waals surface area contributed by atoms with Gasteiger partial charge in [-0.3, -0.25) is 0 Å². The van der Waals surface area contributed by atoms with Gasteiger partial charge in [0.25, 0.3) is 0 Å². The minimum absolute atomic E-state index is 0.228. The normalized spacial score (nSPS) is 19.0. The molecule has 5 nitrogen and oxygen atoms in total. The van der Waals surface area contributed by atoms with E-state index in [-0.39, 0.29) is 6.10 Å². The molecule has 1 aliphatic rings. The maximum atomic E-state index is 5.93. The molecule has 1 unspecified atom stereocenters. The standard InChI is InChI=1S/C18H28N4OS/c1-12(2)8-14-11-24-18-16(14)17(19-13(3)20-18)22-6-7-23-15(10-22)9-21(4)5/h11-12,15H,6-10H2,1-5H3. The molecule has 0 spiro atoms. The highest BCUT2D eigenvalue weighted by molar-refractivity contribution is 7.17. The molecule has 3 rings (SSSR count). The molecular formula is C18H28N4OS. The van der Waals surface area contributed by atoms with Crippen LogP contribution < -0.4 is 4.90 Å². The van der Waals surface area contributed by atoms with Gasteiger partial charge in [-0.15, -0.1) is 11.3 Å². The number of aryl methyl sites for hydroxylation is 1. The summed E-state index contributed by atoms with van der Waals surface area (Å²) in [7, 11) is 4.18. The maximum absolute atomic E-state index is 5.93. The van der Waals surface area contributed by atoms with Crippen molar-refractivity contribution in [3.05, 3.63) is 16.8 Å². The predicted molar refractivity (Wildman–Crippen MR) is 101 cm³/mol. The monoisotopic (exact) mass is 348 g/mol. The lowest BCUT2D eigenvalue weighted by molar-refractivity contribution is 0.0246. The van der Waals surface area contributed by atoms with Crippen molar-refractivity contribution in [2.24, 2.45) is 5.92 Å². The molecule has 0 aromatic carbocycles. The summed E-state index contributed by atoms with van der Waals surface area (Å²) in [5, 5.41) is 3.52. The highest BCUT2D eigenvalue weighted by Gasteiger charge is 2.25. The van der Waals surface area contributed by atoms with Crippen LogP contribution in [0.5, 0.6) is 0 Å². The fourth-order valence-electron chi connectivity index (χ4n) is 3.33. The van der Waals surface area contributed by atoms with Gasteiger partial charge in [0.15, 0.2) is 0 Å². The Balaban J connectivity index is 1.96. The number of fused-ring (bicyclic) bond motifs is 1. The van der Waals surface area contributed by atoms with Crippen LogP contribution in [0.15, 0.2) is 5.38 Å². The van der Waals surface area contributed by atoms with E-state index in [0.29, 0.717) is 5.92 Å². The summed E-state index contributed by atoms with van der Waals surface area (Å²) in [4.78, 5) is 15.2. The predicted octanol–water partition coefficient (Wildman–Crippen LogP) is 2.97. The Morgan fingerprint density at radius 3 is 2.88 bits per heavy atom. The number of anilines is 1. The van der Waals surface area contributed by atoms with Gasteiger partial charge in [0.2, 0.25) is 0 Å². The van der Waals surface area contributed by atoms with Gasteiger partial charge in [-0.05, 0) is 44.3 Å². The Kier molecular flexibility index (Phi) is 5.37. The zero-order valence-electron chi connectivity index (χ0n) is 15.4. The summed E-state index contributed by atoms with van der Waals surface area (Å²) in [5.74, 6) is 2.58. The van der Waals surface area contributed by atoms with E-state index in [2.05, 4.69) is 48.1 Å². The number of aromatic nitrogens is 2. The third-order valence-corrected chi connectivity index (χ3v) is 5.16. The van der Waals surface area contributed by atoms with Crippen LogP contribution >= 0.6 is 11.3 Å². The fraction of sp³-hybridized carbons (Fsp3) is 0.667. The van der Waals surface area contributed by atoms with Crippen molar-refractivity contribution < 1.29 is 4.74 Å². The molecule has 0 aliphatic carbocycles. The first-order chi connectivity index (χ1) is 11.4. The number of likely N-dealkylation sites (N-methyl/N-ethyl adjacent to an activating group) is 1. The SMILES string of the molecule is Cc1nc(N2CCOC(CN(C)C)C2)c2c(CC(C)C)csc2n1. The van der Waals surface area contributed by atoms with Crippen LogP contribution in [0.25, 0.3) is 10.2 Å². The molecule has 24 heavy (non-hydrogen) atoms. The van der Waals surface area contributed by atoms with Crippen LogP contribution in [0.1, 0.15) is 25.2 Å². The van der Waals surface area contributed by atoms with E-state index >= 15 is 0 Å². The van der Waals surface area contributed by atoms with Gasteiger partial charge >= 0.3 is 0 Å². The third-order valence-electron chi connectivity index (χ3n) is 4.24. The summed E-state index contributed by atoms with van der Waals surface area (Å²) in [5.41, 5.74) is 1.38. The average molecular weight is 349 g/mol. The van der Waals surface area contributed by atoms with Gasteiger partial charge in [-0.1, -0.05) is 13.8 Å². The molecule has 6 heteroatoms. The van der Waals surface area contributed by atoms with Crippen LogP contribution in [0.2, 0.25) is 0 Å². The second kappa shape index (κ2) is 7.33. The Morgan fingerprint density at radius 1 is 1.38 bits per heavy atom. The fourth-order valence-corrected chi connectivity index (χ4v) is 4.33. The summed E-state index contributed by atoms with van der Waals surface area (Å²) in [6.07, 6.45) is 1.30. The van der Waals surface area contributed by atoms with Gasteiger partial charge in [-0.25, -0.2) is 9.97 Å². The Bertz CT molecular complexity index is 698. The van der Waals surface area contributed by atoms with Crippen molar-refractivity contribution in [2.75, 3.05) is 45.2 Å². The number of hydrogen-bond acceptors (Lipinski definition) is 6. The van der Waals surface area contributed by atoms with Gasteiger partial charge in [0, 0.05) is 19.6 Å². The summed E-state index contributed by atoms with van der Waals surface area (Å²) in [6.45, 7) is 9.99. The molecule has 0 N–H and O–H groups in total. The smallest absolute Gasteiger partial charge is 0.141 e. The number of rotatable bonds is 5. The minimum Gasteiger partial charge on any atom is -0.373 e. The van der Waals surface area contributed by atoms with Gasteiger partial charge in [-0.2, -0.15) is 0 Å². The largest absolute Gasteiger partial charge is 0.373 e. The second-order valence-electron chi connectivity index (χ2n) is 7.33. The Morgan fingerprint density at radius 2 is 2.17 bits per heavy atom. The first-order valence-electron chi connectivity index (χ1n) is 8.70. The van der Waals surface area contributed by atoms with E-state index in [1.54, 1.807) is 11.3 Å². The van der Waals surface area contributed by atoms with E-state index in [1.807, 2.05) is 6.92 Å². The molecule has 1 fully saturated rings. The van der Waals surface area contributed by atoms with Gasteiger partial charge in [0.05, 0.1) is 18.1 Å². The van der Waals surface area contributed by atoms with Gasteiger partial charge < -0.3 is 14.5 Å². The first kappa shape index (κ1) is 17.6. The van der Waals surface area contributed by atoms with E-state index in [1.165, 1.54) is 10.9 Å². The lowest BCUT2D eigenvalue weighted by Gasteiger charge is -2.35. The van der Waals surface area contributed by atoms with Crippen molar-refractivity contribution in [1.82, 2.24) is 14.9 Å². The zero-order valence-corrected chi connectivity index (χ0v) is 16.2. The van der Waals surface area contributed by atoms with Crippen LogP contribution in [0.3, 0.4) is 0 Å². The molecule has 2 aromatic heterocycles. The Hall–Kier alpha value is -1.24. The maximum Gasteiger partial charge on any atom is 0.141 e. The molecule has 1 saturated heterocycles. The topological polar surface area (TPSA) is 41.5 Å². The molecule has 0 bridgehead atoms. The van der Waals surface area contributed by atoms with Crippen LogP contribution in [0, 0.1) is 12.8 Å². The van der Waals surface area contributed by atoms with Crippen molar-refractivity contribution in [2.45, 2.75) is 33.3 Å². The van der Waals surface area contributed by atoms with E-state index < -0.39 is 0 Å². The molecule has 1 aliphatic heterocycles. The third kappa shape index (κ3) is 3.87. The summed E-state index contributed by atoms with van der Waals surface area (Å²) >= 11 is 1.74. The number of morpholine rings is 1. The van der Waals surface area contributed by atoms with E-state index in [9.17, 15) is 0 Å². The van der Waals surface area contributed by atoms with Crippen LogP contribution in [-0.4, -0.2) is 61.3 Å². The van der Waals surface area contributed by atoms with Crippen LogP contribution in [-0.2, 0) is 11.2 Å². The number of nitrogens with zero attached hydrogens (tertiary/aromatic N) is 4. The van der Waals surface area contributed by atoms with Crippen LogP contribution in [0.4, 0.5) is 5.82 Å². The molecule has 2 aromatic rings. The summed E-state index contributed by atoms with van der Waals surface area (Å²) in [6, 6.07) is 0. The molecule has 0 amide bonds. The zero-order chi connectivity index (χ0) is 17.3. The Labute approximate surface area is 148 Å². The number of hydrogen-bond donors (Lipinski definition) is 0.